The summed E-state index contributed by atoms with van der Waals surface area (Å²) in [5.74, 6) is 0.801. The second kappa shape index (κ2) is 5.60. The predicted octanol–water partition coefficient (Wildman–Crippen LogP) is 4.07. The number of ether oxygens (including phenoxy) is 1. The van der Waals surface area contributed by atoms with Crippen LogP contribution in [0, 0.1) is 25.2 Å². The molecule has 5 heteroatoms. The number of benzene rings is 2. The minimum atomic E-state index is 0.509. The third kappa shape index (κ3) is 2.23. The third-order valence-corrected chi connectivity index (χ3v) is 4.46. The van der Waals surface area contributed by atoms with Crippen LogP contribution in [-0.4, -0.2) is 21.6 Å². The third-order valence-electron chi connectivity index (χ3n) is 4.46. The Morgan fingerprint density at radius 2 is 1.76 bits per heavy atom. The van der Waals surface area contributed by atoms with Gasteiger partial charge < -0.3 is 4.74 Å². The Bertz CT molecular complexity index is 1170. The van der Waals surface area contributed by atoms with E-state index in [2.05, 4.69) is 11.1 Å². The van der Waals surface area contributed by atoms with Crippen LogP contribution in [0.15, 0.2) is 42.6 Å². The first-order chi connectivity index (χ1) is 12.1. The highest BCUT2D eigenvalue weighted by atomic mass is 16.5. The number of rotatable bonds is 2. The van der Waals surface area contributed by atoms with Gasteiger partial charge in [0.15, 0.2) is 5.65 Å². The monoisotopic (exact) mass is 328 g/mol. The SMILES string of the molecule is COc1ccc(C)c(-n2cc(C#N)c3nc4ccccc4nc32)c1C. The Kier molecular flexibility index (Phi) is 3.40. The number of aryl methyl sites for hydroxylation is 1. The van der Waals surface area contributed by atoms with Gasteiger partial charge >= 0.3 is 0 Å². The van der Waals surface area contributed by atoms with E-state index in [4.69, 9.17) is 9.72 Å². The van der Waals surface area contributed by atoms with Gasteiger partial charge in [0.2, 0.25) is 0 Å². The molecule has 0 N–H and O–H groups in total. The number of hydrogen-bond acceptors (Lipinski definition) is 4. The quantitative estimate of drug-likeness (QED) is 0.556. The molecule has 2 heterocycles. The normalized spacial score (nSPS) is 11.0. The highest BCUT2D eigenvalue weighted by molar-refractivity contribution is 5.89. The lowest BCUT2D eigenvalue weighted by atomic mass is 10.1. The van der Waals surface area contributed by atoms with Crippen LogP contribution in [0.3, 0.4) is 0 Å². The molecule has 25 heavy (non-hydrogen) atoms. The molecule has 0 aliphatic heterocycles. The van der Waals surface area contributed by atoms with Crippen LogP contribution >= 0.6 is 0 Å². The lowest BCUT2D eigenvalue weighted by Gasteiger charge is -2.15. The van der Waals surface area contributed by atoms with Crippen molar-refractivity contribution in [1.82, 2.24) is 14.5 Å². The number of nitriles is 1. The Morgan fingerprint density at radius 3 is 2.44 bits per heavy atom. The maximum Gasteiger partial charge on any atom is 0.165 e. The minimum Gasteiger partial charge on any atom is -0.496 e. The van der Waals surface area contributed by atoms with Gasteiger partial charge in [0.05, 0.1) is 29.4 Å². The Labute approximate surface area is 145 Å². The van der Waals surface area contributed by atoms with E-state index in [9.17, 15) is 5.26 Å². The molecule has 0 radical (unpaired) electrons. The summed E-state index contributed by atoms with van der Waals surface area (Å²) in [6, 6.07) is 13.9. The summed E-state index contributed by atoms with van der Waals surface area (Å²) < 4.78 is 7.41. The molecule has 0 fully saturated rings. The van der Waals surface area contributed by atoms with Crippen molar-refractivity contribution in [3.05, 3.63) is 59.3 Å². The fourth-order valence-electron chi connectivity index (χ4n) is 3.25. The topological polar surface area (TPSA) is 63.7 Å². The largest absolute Gasteiger partial charge is 0.496 e. The van der Waals surface area contributed by atoms with Crippen molar-refractivity contribution < 1.29 is 4.74 Å². The molecule has 2 aromatic heterocycles. The molecule has 0 spiro atoms. The van der Waals surface area contributed by atoms with Gasteiger partial charge in [-0.1, -0.05) is 18.2 Å². The highest BCUT2D eigenvalue weighted by Gasteiger charge is 2.18. The maximum absolute atomic E-state index is 9.55. The zero-order valence-electron chi connectivity index (χ0n) is 14.2. The van der Waals surface area contributed by atoms with Crippen molar-refractivity contribution >= 4 is 22.2 Å². The van der Waals surface area contributed by atoms with Crippen LogP contribution in [0.1, 0.15) is 16.7 Å². The number of methoxy groups -OCH3 is 1. The highest BCUT2D eigenvalue weighted by Crippen LogP contribution is 2.31. The average Bonchev–Trinajstić information content (AvgIpc) is 2.97. The molecule has 5 nitrogen and oxygen atoms in total. The second-order valence-corrected chi connectivity index (χ2v) is 5.97. The first-order valence-electron chi connectivity index (χ1n) is 7.96. The minimum absolute atomic E-state index is 0.509. The molecule has 0 bridgehead atoms. The van der Waals surface area contributed by atoms with Crippen LogP contribution in [0.25, 0.3) is 27.9 Å². The van der Waals surface area contributed by atoms with Crippen molar-refractivity contribution in [3.63, 3.8) is 0 Å². The van der Waals surface area contributed by atoms with Crippen molar-refractivity contribution in [2.24, 2.45) is 0 Å². The standard InChI is InChI=1S/C20H16N4O/c1-12-8-9-17(25-3)13(2)19(12)24-11-14(10-21)18-20(24)23-16-7-5-4-6-15(16)22-18/h4-9,11H,1-3H3. The fraction of sp³-hybridized carbons (Fsp3) is 0.150. The summed E-state index contributed by atoms with van der Waals surface area (Å²) in [5.41, 5.74) is 6.43. The maximum atomic E-state index is 9.55. The van der Waals surface area contributed by atoms with Crippen LogP contribution in [0.4, 0.5) is 0 Å². The summed E-state index contributed by atoms with van der Waals surface area (Å²) >= 11 is 0. The number of aromatic nitrogens is 3. The molecular weight excluding hydrogens is 312 g/mol. The van der Waals surface area contributed by atoms with Gasteiger partial charge in [0, 0.05) is 11.8 Å². The van der Waals surface area contributed by atoms with E-state index in [-0.39, 0.29) is 0 Å². The van der Waals surface area contributed by atoms with E-state index in [1.807, 2.05) is 54.8 Å². The van der Waals surface area contributed by atoms with Crippen LogP contribution < -0.4 is 4.74 Å². The van der Waals surface area contributed by atoms with Crippen molar-refractivity contribution in [2.45, 2.75) is 13.8 Å². The van der Waals surface area contributed by atoms with Crippen molar-refractivity contribution in [2.75, 3.05) is 7.11 Å². The van der Waals surface area contributed by atoms with E-state index in [1.54, 1.807) is 13.3 Å². The molecule has 0 atom stereocenters. The van der Waals surface area contributed by atoms with E-state index < -0.39 is 0 Å². The number of fused-ring (bicyclic) bond motifs is 2. The number of hydrogen-bond donors (Lipinski definition) is 0. The molecule has 2 aromatic carbocycles. The van der Waals surface area contributed by atoms with Gasteiger partial charge in [0.25, 0.3) is 0 Å². The molecule has 4 aromatic rings. The van der Waals surface area contributed by atoms with E-state index >= 15 is 0 Å². The van der Waals surface area contributed by atoms with E-state index in [0.29, 0.717) is 16.7 Å². The molecular formula is C20H16N4O. The van der Waals surface area contributed by atoms with Crippen molar-refractivity contribution in [1.29, 1.82) is 5.26 Å². The molecule has 122 valence electrons. The fourth-order valence-corrected chi connectivity index (χ4v) is 3.25. The molecule has 0 amide bonds. The van der Waals surface area contributed by atoms with Crippen LogP contribution in [-0.2, 0) is 0 Å². The Hall–Kier alpha value is -3.39. The predicted molar refractivity (Wildman–Crippen MR) is 97.1 cm³/mol. The van der Waals surface area contributed by atoms with E-state index in [1.165, 1.54) is 0 Å². The van der Waals surface area contributed by atoms with E-state index in [0.717, 1.165) is 33.6 Å². The van der Waals surface area contributed by atoms with Gasteiger partial charge in [-0.2, -0.15) is 5.26 Å². The summed E-state index contributed by atoms with van der Waals surface area (Å²) in [6.45, 7) is 4.04. The Balaban J connectivity index is 2.13. The van der Waals surface area contributed by atoms with Crippen LogP contribution in [0.5, 0.6) is 5.75 Å². The number of nitrogens with zero attached hydrogens (tertiary/aromatic N) is 4. The van der Waals surface area contributed by atoms with Gasteiger partial charge in [-0.25, -0.2) is 9.97 Å². The van der Waals surface area contributed by atoms with Crippen molar-refractivity contribution in [3.8, 4) is 17.5 Å². The Morgan fingerprint density at radius 1 is 1.04 bits per heavy atom. The molecule has 4 rings (SSSR count). The lowest BCUT2D eigenvalue weighted by Crippen LogP contribution is -2.02. The molecule has 0 aliphatic carbocycles. The lowest BCUT2D eigenvalue weighted by molar-refractivity contribution is 0.411. The molecule has 0 saturated carbocycles. The smallest absolute Gasteiger partial charge is 0.165 e. The van der Waals surface area contributed by atoms with Crippen LogP contribution in [0.2, 0.25) is 0 Å². The summed E-state index contributed by atoms with van der Waals surface area (Å²) in [7, 11) is 1.66. The zero-order valence-corrected chi connectivity index (χ0v) is 14.2. The number of para-hydroxylation sites is 2. The zero-order chi connectivity index (χ0) is 17.6. The van der Waals surface area contributed by atoms with Gasteiger partial charge in [-0.05, 0) is 37.6 Å². The van der Waals surface area contributed by atoms with Gasteiger partial charge in [0.1, 0.15) is 17.3 Å². The summed E-state index contributed by atoms with van der Waals surface area (Å²) in [5, 5.41) is 9.55. The first-order valence-corrected chi connectivity index (χ1v) is 7.96. The molecule has 0 unspecified atom stereocenters. The second-order valence-electron chi connectivity index (χ2n) is 5.97. The molecule has 0 saturated heterocycles. The average molecular weight is 328 g/mol. The van der Waals surface area contributed by atoms with Gasteiger partial charge in [-0.3, -0.25) is 4.57 Å². The van der Waals surface area contributed by atoms with Gasteiger partial charge in [-0.15, -0.1) is 0 Å². The first kappa shape index (κ1) is 15.2. The summed E-state index contributed by atoms with van der Waals surface area (Å²) in [6.07, 6.45) is 1.80. The summed E-state index contributed by atoms with van der Waals surface area (Å²) in [4.78, 5) is 9.43. The molecule has 0 aliphatic rings.